The van der Waals surface area contributed by atoms with Gasteiger partial charge in [0.05, 0.1) is 24.4 Å². The average Bonchev–Trinajstić information content (AvgIpc) is 3.35. The predicted molar refractivity (Wildman–Crippen MR) is 150 cm³/mol. The minimum atomic E-state index is 0.708. The Balaban J connectivity index is 0.00000103. The summed E-state index contributed by atoms with van der Waals surface area (Å²) in [5, 5.41) is 6.27. The second kappa shape index (κ2) is 13.7. The summed E-state index contributed by atoms with van der Waals surface area (Å²) in [7, 11) is 1.69. The summed E-state index contributed by atoms with van der Waals surface area (Å²) in [4.78, 5) is 13.7. The van der Waals surface area contributed by atoms with E-state index in [0.717, 1.165) is 65.7 Å². The lowest BCUT2D eigenvalue weighted by atomic mass is 10.2. The molecule has 1 aliphatic rings. The summed E-state index contributed by atoms with van der Waals surface area (Å²) < 4.78 is 7.42. The number of aromatic nitrogens is 4. The lowest BCUT2D eigenvalue weighted by Gasteiger charge is -2.37. The maximum absolute atomic E-state index is 6.23. The van der Waals surface area contributed by atoms with E-state index in [9.17, 15) is 0 Å². The molecule has 0 radical (unpaired) electrons. The van der Waals surface area contributed by atoms with Gasteiger partial charge in [-0.15, -0.1) is 0 Å². The highest BCUT2D eigenvalue weighted by Gasteiger charge is 2.23. The summed E-state index contributed by atoms with van der Waals surface area (Å²) >= 11 is 6.23. The molecule has 0 unspecified atom stereocenters. The molecule has 0 aliphatic carbocycles. The van der Waals surface area contributed by atoms with Crippen LogP contribution < -0.4 is 14.5 Å². The second-order valence-electron chi connectivity index (χ2n) is 7.55. The first-order valence-electron chi connectivity index (χ1n) is 12.4. The van der Waals surface area contributed by atoms with Crippen molar-refractivity contribution in [2.75, 3.05) is 43.1 Å². The molecule has 8 heteroatoms. The Morgan fingerprint density at radius 1 is 1.00 bits per heavy atom. The molecule has 7 nitrogen and oxygen atoms in total. The number of fused-ring (bicyclic) bond motifs is 1. The molecule has 0 atom stereocenters. The molecule has 0 saturated carbocycles. The summed E-state index contributed by atoms with van der Waals surface area (Å²) in [5.74, 6) is 1.76. The lowest BCUT2D eigenvalue weighted by molar-refractivity contribution is 0.413. The van der Waals surface area contributed by atoms with E-state index in [4.69, 9.17) is 16.3 Å². The van der Waals surface area contributed by atoms with Crippen molar-refractivity contribution in [3.63, 3.8) is 0 Å². The number of piperazine rings is 1. The number of hydrogen-bond donors (Lipinski definition) is 0. The monoisotopic (exact) mass is 498 g/mol. The van der Waals surface area contributed by atoms with Gasteiger partial charge in [0.2, 0.25) is 0 Å². The molecule has 1 aliphatic heterocycles. The van der Waals surface area contributed by atoms with E-state index in [0.29, 0.717) is 5.02 Å². The van der Waals surface area contributed by atoms with Crippen LogP contribution in [0.4, 0.5) is 11.5 Å². The number of ether oxygens (including phenoxy) is 1. The molecule has 0 amide bonds. The van der Waals surface area contributed by atoms with Crippen LogP contribution in [0.1, 0.15) is 48.5 Å². The minimum Gasteiger partial charge on any atom is -0.495 e. The number of allylic oxidation sites excluding steroid dienone is 4. The fraction of sp³-hybridized carbons (Fsp3) is 0.444. The van der Waals surface area contributed by atoms with E-state index in [1.807, 2.05) is 69.8 Å². The Morgan fingerprint density at radius 2 is 1.66 bits per heavy atom. The highest BCUT2D eigenvalue weighted by molar-refractivity contribution is 6.30. The van der Waals surface area contributed by atoms with E-state index >= 15 is 0 Å². The van der Waals surface area contributed by atoms with Crippen molar-refractivity contribution in [2.24, 2.45) is 0 Å². The Morgan fingerprint density at radius 3 is 2.29 bits per heavy atom. The predicted octanol–water partition coefficient (Wildman–Crippen LogP) is 6.69. The highest BCUT2D eigenvalue weighted by Crippen LogP contribution is 2.33. The molecule has 0 bridgehead atoms. The van der Waals surface area contributed by atoms with Gasteiger partial charge in [-0.1, -0.05) is 51.4 Å². The van der Waals surface area contributed by atoms with Crippen LogP contribution in [0, 0.1) is 0 Å². The first-order valence-corrected chi connectivity index (χ1v) is 12.7. The van der Waals surface area contributed by atoms with E-state index in [-0.39, 0.29) is 0 Å². The zero-order valence-corrected chi connectivity index (χ0v) is 23.1. The molecule has 1 saturated heterocycles. The Hall–Kier alpha value is -3.06. The molecule has 0 N–H and O–H groups in total. The largest absolute Gasteiger partial charge is 0.495 e. The van der Waals surface area contributed by atoms with Crippen molar-refractivity contribution in [3.8, 4) is 5.75 Å². The number of rotatable bonds is 5. The van der Waals surface area contributed by atoms with Crippen molar-refractivity contribution < 1.29 is 4.74 Å². The Bertz CT molecular complexity index is 1150. The van der Waals surface area contributed by atoms with Crippen LogP contribution in [0.5, 0.6) is 5.75 Å². The van der Waals surface area contributed by atoms with Gasteiger partial charge >= 0.3 is 0 Å². The molecular weight excluding hydrogens is 460 g/mol. The van der Waals surface area contributed by atoms with Crippen LogP contribution in [-0.4, -0.2) is 53.0 Å². The number of benzene rings is 1. The van der Waals surface area contributed by atoms with Gasteiger partial charge in [0.25, 0.3) is 0 Å². The highest BCUT2D eigenvalue weighted by atomic mass is 35.5. The molecule has 35 heavy (non-hydrogen) atoms. The topological polar surface area (TPSA) is 59.3 Å². The van der Waals surface area contributed by atoms with Crippen molar-refractivity contribution in [2.45, 2.75) is 48.5 Å². The van der Waals surface area contributed by atoms with Crippen molar-refractivity contribution in [1.82, 2.24) is 19.7 Å². The average molecular weight is 499 g/mol. The first kappa shape index (κ1) is 28.2. The van der Waals surface area contributed by atoms with E-state index < -0.39 is 0 Å². The summed E-state index contributed by atoms with van der Waals surface area (Å²) in [6.07, 6.45) is 7.59. The number of methoxy groups -OCH3 is 1. The zero-order chi connectivity index (χ0) is 26.0. The Kier molecular flexibility index (Phi) is 11.1. The van der Waals surface area contributed by atoms with Gasteiger partial charge in [0.15, 0.2) is 5.65 Å². The molecule has 2 aromatic heterocycles. The molecule has 3 aromatic rings. The molecule has 0 spiro atoms. The van der Waals surface area contributed by atoms with Gasteiger partial charge in [-0.05, 0) is 44.5 Å². The van der Waals surface area contributed by atoms with Gasteiger partial charge in [-0.25, -0.2) is 14.6 Å². The lowest BCUT2D eigenvalue weighted by Crippen LogP contribution is -2.47. The van der Waals surface area contributed by atoms with Gasteiger partial charge in [0.1, 0.15) is 17.9 Å². The van der Waals surface area contributed by atoms with Crippen molar-refractivity contribution in [3.05, 3.63) is 53.5 Å². The smallest absolute Gasteiger partial charge is 0.167 e. The third-order valence-electron chi connectivity index (χ3n) is 5.71. The van der Waals surface area contributed by atoms with Crippen LogP contribution in [0.15, 0.2) is 48.4 Å². The fourth-order valence-corrected chi connectivity index (χ4v) is 4.10. The van der Waals surface area contributed by atoms with Gasteiger partial charge in [-0.2, -0.15) is 5.10 Å². The molecule has 1 aromatic carbocycles. The minimum absolute atomic E-state index is 0.708. The van der Waals surface area contributed by atoms with Crippen LogP contribution in [-0.2, 0) is 0 Å². The SMILES string of the molecule is C/C=C\C(C)=C(/C)n1ncc2c(N3CCN(c4cc(Cl)ccc4OC)CC3)ncnc21.CC.CC. The maximum atomic E-state index is 6.23. The summed E-state index contributed by atoms with van der Waals surface area (Å²) in [6.45, 7) is 17.5. The third-order valence-corrected chi connectivity index (χ3v) is 5.95. The van der Waals surface area contributed by atoms with Crippen LogP contribution in [0.25, 0.3) is 16.7 Å². The number of hydrogen-bond acceptors (Lipinski definition) is 6. The van der Waals surface area contributed by atoms with Gasteiger partial charge in [-0.3, -0.25) is 0 Å². The molecule has 3 heterocycles. The Labute approximate surface area is 215 Å². The molecular formula is C27H39ClN6O. The summed E-state index contributed by atoms with van der Waals surface area (Å²) in [5.41, 5.74) is 4.05. The maximum Gasteiger partial charge on any atom is 0.167 e. The standard InChI is InChI=1S/C23H27ClN6O.2C2H6/c1-5-6-16(2)17(3)30-23-19(14-27-30)22(25-15-26-23)29-11-9-28(10-12-29)20-13-18(24)7-8-21(20)31-4;2*1-2/h5-8,13-15H,9-12H2,1-4H3;2*1-2H3/b6-5-,17-16+;;. The van der Waals surface area contributed by atoms with Crippen LogP contribution in [0.3, 0.4) is 0 Å². The van der Waals surface area contributed by atoms with Gasteiger partial charge in [0, 0.05) is 36.9 Å². The number of anilines is 2. The first-order chi connectivity index (χ1) is 17.0. The van der Waals surface area contributed by atoms with Gasteiger partial charge < -0.3 is 14.5 Å². The third kappa shape index (κ3) is 6.34. The molecule has 1 fully saturated rings. The van der Waals surface area contributed by atoms with Crippen LogP contribution in [0.2, 0.25) is 5.02 Å². The fourth-order valence-electron chi connectivity index (χ4n) is 3.94. The quantitative estimate of drug-likeness (QED) is 0.365. The number of halogens is 1. The van der Waals surface area contributed by atoms with Crippen molar-refractivity contribution >= 4 is 39.8 Å². The van der Waals surface area contributed by atoms with E-state index in [1.165, 1.54) is 0 Å². The molecule has 190 valence electrons. The van der Waals surface area contributed by atoms with E-state index in [2.05, 4.69) is 44.8 Å². The summed E-state index contributed by atoms with van der Waals surface area (Å²) in [6, 6.07) is 5.73. The zero-order valence-electron chi connectivity index (χ0n) is 22.3. The van der Waals surface area contributed by atoms with Crippen molar-refractivity contribution in [1.29, 1.82) is 0 Å². The van der Waals surface area contributed by atoms with Crippen LogP contribution >= 0.6 is 11.6 Å². The molecule has 4 rings (SSSR count). The second-order valence-corrected chi connectivity index (χ2v) is 7.99. The number of nitrogens with zero attached hydrogens (tertiary/aromatic N) is 6. The normalized spacial score (nSPS) is 14.2. The van der Waals surface area contributed by atoms with E-state index in [1.54, 1.807) is 13.4 Å².